The summed E-state index contributed by atoms with van der Waals surface area (Å²) in [4.78, 5) is 13.0. The van der Waals surface area contributed by atoms with Gasteiger partial charge in [-0.1, -0.05) is 23.7 Å². The van der Waals surface area contributed by atoms with E-state index in [0.717, 1.165) is 28.5 Å². The van der Waals surface area contributed by atoms with Crippen LogP contribution in [0.2, 0.25) is 5.02 Å². The van der Waals surface area contributed by atoms with Crippen LogP contribution in [0.15, 0.2) is 48.5 Å². The molecule has 2 heterocycles. The van der Waals surface area contributed by atoms with Crippen molar-refractivity contribution >= 4 is 35.1 Å². The van der Waals surface area contributed by atoms with Crippen molar-refractivity contribution in [3.63, 3.8) is 0 Å². The minimum atomic E-state index is -0.214. The molecule has 0 aliphatic carbocycles. The molecule has 0 atom stereocenters. The van der Waals surface area contributed by atoms with Crippen molar-refractivity contribution in [2.24, 2.45) is 0 Å². The molecule has 1 aromatic heterocycles. The molecule has 0 saturated carbocycles. The molecule has 0 unspecified atom stereocenters. The maximum atomic E-state index is 13.0. The molecule has 1 aliphatic heterocycles. The number of hydrogen-bond donors (Lipinski definition) is 1. The Hall–Kier alpha value is -2.44. The maximum absolute atomic E-state index is 13.0. The number of ether oxygens (including phenoxy) is 1. The van der Waals surface area contributed by atoms with Crippen LogP contribution in [0.25, 0.3) is 5.69 Å². The number of benzene rings is 2. The maximum Gasteiger partial charge on any atom is 0.260 e. The van der Waals surface area contributed by atoms with Gasteiger partial charge in [-0.25, -0.2) is 4.68 Å². The molecule has 0 bridgehead atoms. The molecule has 1 amide bonds. The zero-order chi connectivity index (χ0) is 18.8. The van der Waals surface area contributed by atoms with Crippen molar-refractivity contribution in [2.75, 3.05) is 11.9 Å². The van der Waals surface area contributed by atoms with Gasteiger partial charge in [-0.3, -0.25) is 4.79 Å². The molecular formula is C20H18ClN3O2S. The van der Waals surface area contributed by atoms with Crippen molar-refractivity contribution in [1.82, 2.24) is 9.78 Å². The van der Waals surface area contributed by atoms with Crippen molar-refractivity contribution in [2.45, 2.75) is 18.4 Å². The highest BCUT2D eigenvalue weighted by Crippen LogP contribution is 2.36. The molecule has 0 radical (unpaired) electrons. The summed E-state index contributed by atoms with van der Waals surface area (Å²) in [6.07, 6.45) is 0. The normalized spacial score (nSPS) is 12.7. The summed E-state index contributed by atoms with van der Waals surface area (Å²) < 4.78 is 7.38. The smallest absolute Gasteiger partial charge is 0.260 e. The average molecular weight is 400 g/mol. The van der Waals surface area contributed by atoms with E-state index < -0.39 is 0 Å². The van der Waals surface area contributed by atoms with Crippen LogP contribution in [0.1, 0.15) is 28.5 Å². The molecule has 0 fully saturated rings. The van der Waals surface area contributed by atoms with Gasteiger partial charge in [-0.05, 0) is 43.3 Å². The minimum absolute atomic E-state index is 0.214. The Bertz CT molecular complexity index is 985. The topological polar surface area (TPSA) is 56.1 Å². The summed E-state index contributed by atoms with van der Waals surface area (Å²) in [7, 11) is 0. The Labute approximate surface area is 166 Å². The highest BCUT2D eigenvalue weighted by atomic mass is 35.5. The van der Waals surface area contributed by atoms with Gasteiger partial charge in [0.15, 0.2) is 0 Å². The SMILES string of the molecule is CCOc1ccccc1C(=O)Nc1c2c(nn1-c1ccc(Cl)cc1)CSC2. The largest absolute Gasteiger partial charge is 0.493 e. The lowest BCUT2D eigenvalue weighted by Gasteiger charge is -2.13. The number of carbonyl (C=O) groups excluding carboxylic acids is 1. The third-order valence-corrected chi connectivity index (χ3v) is 5.51. The average Bonchev–Trinajstić information content (AvgIpc) is 3.26. The number of anilines is 1. The van der Waals surface area contributed by atoms with Gasteiger partial charge >= 0.3 is 0 Å². The lowest BCUT2D eigenvalue weighted by atomic mass is 10.2. The van der Waals surface area contributed by atoms with E-state index in [2.05, 4.69) is 5.32 Å². The number of nitrogens with zero attached hydrogens (tertiary/aromatic N) is 2. The standard InChI is InChI=1S/C20H18ClN3O2S/c1-2-26-18-6-4-3-5-15(18)20(25)22-19-16-11-27-12-17(16)23-24(19)14-9-7-13(21)8-10-14/h3-10H,2,11-12H2,1H3,(H,22,25). The minimum Gasteiger partial charge on any atom is -0.493 e. The number of para-hydroxylation sites is 1. The second-order valence-electron chi connectivity index (χ2n) is 6.04. The highest BCUT2D eigenvalue weighted by Gasteiger charge is 2.25. The second kappa shape index (κ2) is 7.66. The van der Waals surface area contributed by atoms with Crippen LogP contribution in [0.3, 0.4) is 0 Å². The van der Waals surface area contributed by atoms with Crippen molar-refractivity contribution in [3.8, 4) is 11.4 Å². The number of halogens is 1. The Morgan fingerprint density at radius 1 is 1.22 bits per heavy atom. The molecule has 27 heavy (non-hydrogen) atoms. The van der Waals surface area contributed by atoms with Gasteiger partial charge in [0, 0.05) is 22.1 Å². The first-order valence-corrected chi connectivity index (χ1v) is 10.2. The predicted molar refractivity (Wildman–Crippen MR) is 109 cm³/mol. The van der Waals surface area contributed by atoms with Gasteiger partial charge < -0.3 is 10.1 Å². The summed E-state index contributed by atoms with van der Waals surface area (Å²) in [5.74, 6) is 2.73. The summed E-state index contributed by atoms with van der Waals surface area (Å²) in [6.45, 7) is 2.40. The fourth-order valence-electron chi connectivity index (χ4n) is 3.02. The molecule has 5 nitrogen and oxygen atoms in total. The van der Waals surface area contributed by atoms with Crippen LogP contribution < -0.4 is 10.1 Å². The molecule has 1 aliphatic rings. The van der Waals surface area contributed by atoms with Crippen LogP contribution in [-0.4, -0.2) is 22.3 Å². The van der Waals surface area contributed by atoms with Crippen molar-refractivity contribution in [3.05, 3.63) is 70.4 Å². The van der Waals surface area contributed by atoms with Crippen molar-refractivity contribution in [1.29, 1.82) is 0 Å². The highest BCUT2D eigenvalue weighted by molar-refractivity contribution is 7.98. The first-order chi connectivity index (χ1) is 13.2. The molecule has 0 saturated heterocycles. The molecule has 1 N–H and O–H groups in total. The lowest BCUT2D eigenvalue weighted by molar-refractivity contribution is 0.102. The number of rotatable bonds is 5. The van der Waals surface area contributed by atoms with Gasteiger partial charge in [-0.15, -0.1) is 0 Å². The Morgan fingerprint density at radius 2 is 2.00 bits per heavy atom. The quantitative estimate of drug-likeness (QED) is 0.661. The van der Waals surface area contributed by atoms with Crippen LogP contribution >= 0.6 is 23.4 Å². The third kappa shape index (κ3) is 3.55. The van der Waals surface area contributed by atoms with E-state index in [0.29, 0.717) is 28.8 Å². The van der Waals surface area contributed by atoms with E-state index in [1.165, 1.54) is 0 Å². The number of amides is 1. The number of thioether (sulfide) groups is 1. The molecular weight excluding hydrogens is 382 g/mol. The molecule has 138 valence electrons. The number of aromatic nitrogens is 2. The number of fused-ring (bicyclic) bond motifs is 1. The number of hydrogen-bond acceptors (Lipinski definition) is 4. The fourth-order valence-corrected chi connectivity index (χ4v) is 4.18. The van der Waals surface area contributed by atoms with E-state index in [1.807, 2.05) is 43.3 Å². The molecule has 3 aromatic rings. The van der Waals surface area contributed by atoms with Gasteiger partial charge in [0.05, 0.1) is 23.6 Å². The van der Waals surface area contributed by atoms with Crippen molar-refractivity contribution < 1.29 is 9.53 Å². The van der Waals surface area contributed by atoms with E-state index >= 15 is 0 Å². The van der Waals surface area contributed by atoms with Gasteiger partial charge in [0.2, 0.25) is 0 Å². The Kier molecular flexibility index (Phi) is 5.09. The monoisotopic (exact) mass is 399 g/mol. The third-order valence-electron chi connectivity index (χ3n) is 4.29. The van der Waals surface area contributed by atoms with E-state index in [9.17, 15) is 4.79 Å². The summed E-state index contributed by atoms with van der Waals surface area (Å²) in [5, 5.41) is 8.41. The summed E-state index contributed by atoms with van der Waals surface area (Å²) in [6, 6.07) is 14.7. The fraction of sp³-hybridized carbons (Fsp3) is 0.200. The second-order valence-corrected chi connectivity index (χ2v) is 7.46. The van der Waals surface area contributed by atoms with Crippen LogP contribution in [0, 0.1) is 0 Å². The summed E-state index contributed by atoms with van der Waals surface area (Å²) >= 11 is 7.80. The van der Waals surface area contributed by atoms with E-state index in [1.54, 1.807) is 28.6 Å². The predicted octanol–water partition coefficient (Wildman–Crippen LogP) is 4.92. The van der Waals surface area contributed by atoms with Crippen LogP contribution in [0.5, 0.6) is 5.75 Å². The molecule has 4 rings (SSSR count). The van der Waals surface area contributed by atoms with E-state index in [4.69, 9.17) is 21.4 Å². The van der Waals surface area contributed by atoms with Crippen LogP contribution in [-0.2, 0) is 11.5 Å². The van der Waals surface area contributed by atoms with Crippen LogP contribution in [0.4, 0.5) is 5.82 Å². The zero-order valence-electron chi connectivity index (χ0n) is 14.7. The number of carbonyl (C=O) groups is 1. The summed E-state index contributed by atoms with van der Waals surface area (Å²) in [5.41, 5.74) is 3.43. The zero-order valence-corrected chi connectivity index (χ0v) is 16.3. The molecule has 0 spiro atoms. The van der Waals surface area contributed by atoms with Gasteiger partial charge in [0.25, 0.3) is 5.91 Å². The first-order valence-electron chi connectivity index (χ1n) is 8.65. The van der Waals surface area contributed by atoms with Gasteiger partial charge in [0.1, 0.15) is 11.6 Å². The Morgan fingerprint density at radius 3 is 2.78 bits per heavy atom. The molecule has 2 aromatic carbocycles. The van der Waals surface area contributed by atoms with E-state index in [-0.39, 0.29) is 5.91 Å². The molecule has 7 heteroatoms. The first kappa shape index (κ1) is 17.9. The van der Waals surface area contributed by atoms with Gasteiger partial charge in [-0.2, -0.15) is 16.9 Å². The number of nitrogens with one attached hydrogen (secondary N) is 1. The lowest BCUT2D eigenvalue weighted by Crippen LogP contribution is -2.17. The Balaban J connectivity index is 1.72.